The molecule has 0 spiro atoms. The summed E-state index contributed by atoms with van der Waals surface area (Å²) in [6.07, 6.45) is 14.2. The predicted octanol–water partition coefficient (Wildman–Crippen LogP) is 6.48. The highest BCUT2D eigenvalue weighted by molar-refractivity contribution is 5.86. The molecule has 4 atom stereocenters. The first-order valence-corrected chi connectivity index (χ1v) is 16.1. The van der Waals surface area contributed by atoms with Crippen LogP contribution in [0.5, 0.6) is 0 Å². The SMILES string of the molecule is CCC(C)C[C@]1(c2ccccc2)CCCC(CC2CCC2)C(C)C(=O)N(CC(=O)NC[C@H]2C[C@@H](O)C2)CCC1. The standard InChI is InChI=1S/C34H54N2O3/c1-4-25(2)22-34(30-14-6-5-7-15-30)16-9-13-29(19-27-11-8-12-27)26(3)33(39)36(18-10-17-34)24-32(38)35-23-28-20-31(37)21-28/h5-7,14-15,25-29,31,37H,4,8-13,16-24H2,1-3H3,(H,35,38)/t25?,26?,28-,29?,31+,34-/m0/s1. The Kier molecular flexibility index (Phi) is 10.9. The van der Waals surface area contributed by atoms with E-state index in [0.717, 1.165) is 50.9 Å². The first-order valence-electron chi connectivity index (χ1n) is 16.1. The first-order chi connectivity index (χ1) is 18.8. The Bertz CT molecular complexity index is 910. The molecule has 1 aliphatic heterocycles. The third-order valence-electron chi connectivity index (χ3n) is 10.5. The second kappa shape index (κ2) is 14.1. The van der Waals surface area contributed by atoms with Crippen LogP contribution < -0.4 is 5.32 Å². The van der Waals surface area contributed by atoms with Crippen LogP contribution in [0.1, 0.15) is 110 Å². The van der Waals surface area contributed by atoms with Crippen LogP contribution in [0.3, 0.4) is 0 Å². The fraction of sp³-hybridized carbons (Fsp3) is 0.765. The van der Waals surface area contributed by atoms with Crippen molar-refractivity contribution in [3.05, 3.63) is 35.9 Å². The number of carbonyl (C=O) groups excluding carboxylic acids is 2. The molecule has 5 heteroatoms. The summed E-state index contributed by atoms with van der Waals surface area (Å²) in [7, 11) is 0. The summed E-state index contributed by atoms with van der Waals surface area (Å²) in [4.78, 5) is 28.8. The van der Waals surface area contributed by atoms with Gasteiger partial charge in [0.25, 0.3) is 0 Å². The second-order valence-corrected chi connectivity index (χ2v) is 13.5. The first kappa shape index (κ1) is 30.1. The van der Waals surface area contributed by atoms with E-state index in [0.29, 0.717) is 30.8 Å². The number of carbonyl (C=O) groups is 2. The van der Waals surface area contributed by atoms with Crippen molar-refractivity contribution in [3.63, 3.8) is 0 Å². The van der Waals surface area contributed by atoms with Gasteiger partial charge >= 0.3 is 0 Å². The van der Waals surface area contributed by atoms with Crippen LogP contribution in [0, 0.1) is 29.6 Å². The Morgan fingerprint density at radius 1 is 1.08 bits per heavy atom. The van der Waals surface area contributed by atoms with Crippen molar-refractivity contribution in [1.82, 2.24) is 10.2 Å². The molecule has 218 valence electrons. The fourth-order valence-electron chi connectivity index (χ4n) is 7.49. The zero-order valence-corrected chi connectivity index (χ0v) is 24.9. The van der Waals surface area contributed by atoms with Crippen LogP contribution in [-0.2, 0) is 15.0 Å². The van der Waals surface area contributed by atoms with E-state index in [2.05, 4.69) is 56.4 Å². The number of hydrogen-bond acceptors (Lipinski definition) is 3. The average Bonchev–Trinajstić information content (AvgIpc) is 2.91. The number of benzene rings is 1. The summed E-state index contributed by atoms with van der Waals surface area (Å²) in [6, 6.07) is 11.1. The Hall–Kier alpha value is -1.88. The van der Waals surface area contributed by atoms with E-state index in [-0.39, 0.29) is 35.8 Å². The average molecular weight is 539 g/mol. The van der Waals surface area contributed by atoms with Gasteiger partial charge in [0, 0.05) is 19.0 Å². The summed E-state index contributed by atoms with van der Waals surface area (Å²) >= 11 is 0. The van der Waals surface area contributed by atoms with E-state index in [9.17, 15) is 14.7 Å². The molecule has 0 radical (unpaired) electrons. The molecule has 1 saturated heterocycles. The minimum atomic E-state index is -0.215. The summed E-state index contributed by atoms with van der Waals surface area (Å²) < 4.78 is 0. The molecule has 2 aliphatic carbocycles. The molecule has 3 unspecified atom stereocenters. The van der Waals surface area contributed by atoms with E-state index >= 15 is 0 Å². The van der Waals surface area contributed by atoms with E-state index in [1.165, 1.54) is 44.1 Å². The molecule has 0 aromatic heterocycles. The van der Waals surface area contributed by atoms with Crippen molar-refractivity contribution in [2.24, 2.45) is 29.6 Å². The lowest BCUT2D eigenvalue weighted by Gasteiger charge is -2.38. The van der Waals surface area contributed by atoms with Crippen LogP contribution in [-0.4, -0.2) is 47.6 Å². The molecule has 3 fully saturated rings. The zero-order chi connectivity index (χ0) is 27.8. The number of hydrogen-bond donors (Lipinski definition) is 2. The molecule has 3 aliphatic rings. The van der Waals surface area contributed by atoms with Crippen LogP contribution in [0.2, 0.25) is 0 Å². The summed E-state index contributed by atoms with van der Waals surface area (Å²) in [5, 5.41) is 12.6. The maximum Gasteiger partial charge on any atom is 0.239 e. The number of aliphatic hydroxyl groups excluding tert-OH is 1. The molecular weight excluding hydrogens is 484 g/mol. The maximum absolute atomic E-state index is 13.9. The molecular formula is C34H54N2O3. The van der Waals surface area contributed by atoms with Crippen molar-refractivity contribution in [2.45, 2.75) is 116 Å². The zero-order valence-electron chi connectivity index (χ0n) is 24.9. The quantitative estimate of drug-likeness (QED) is 0.358. The molecule has 4 rings (SSSR count). The molecule has 1 heterocycles. The van der Waals surface area contributed by atoms with Gasteiger partial charge in [-0.15, -0.1) is 0 Å². The monoisotopic (exact) mass is 538 g/mol. The number of nitrogens with zero attached hydrogens (tertiary/aromatic N) is 1. The normalized spacial score (nSPS) is 31.5. The van der Waals surface area contributed by atoms with Gasteiger partial charge in [-0.3, -0.25) is 9.59 Å². The van der Waals surface area contributed by atoms with Gasteiger partial charge in [-0.1, -0.05) is 83.2 Å². The van der Waals surface area contributed by atoms with Gasteiger partial charge in [-0.2, -0.15) is 0 Å². The molecule has 5 nitrogen and oxygen atoms in total. The van der Waals surface area contributed by atoms with Gasteiger partial charge in [-0.05, 0) is 86.0 Å². The Morgan fingerprint density at radius 3 is 2.44 bits per heavy atom. The smallest absolute Gasteiger partial charge is 0.239 e. The molecule has 0 bridgehead atoms. The van der Waals surface area contributed by atoms with Crippen LogP contribution in [0.25, 0.3) is 0 Å². The third kappa shape index (κ3) is 8.08. The Balaban J connectivity index is 1.53. The van der Waals surface area contributed by atoms with Crippen molar-refractivity contribution >= 4 is 11.8 Å². The van der Waals surface area contributed by atoms with Gasteiger partial charge in [-0.25, -0.2) is 0 Å². The van der Waals surface area contributed by atoms with Crippen LogP contribution >= 0.6 is 0 Å². The van der Waals surface area contributed by atoms with E-state index in [4.69, 9.17) is 0 Å². The predicted molar refractivity (Wildman–Crippen MR) is 158 cm³/mol. The maximum atomic E-state index is 13.9. The van der Waals surface area contributed by atoms with Crippen LogP contribution in [0.15, 0.2) is 30.3 Å². The van der Waals surface area contributed by atoms with Gasteiger partial charge in [0.1, 0.15) is 0 Å². The number of amides is 2. The topological polar surface area (TPSA) is 69.6 Å². The number of aliphatic hydroxyl groups is 1. The van der Waals surface area contributed by atoms with Crippen molar-refractivity contribution in [1.29, 1.82) is 0 Å². The van der Waals surface area contributed by atoms with E-state index in [1.54, 1.807) is 0 Å². The minimum Gasteiger partial charge on any atom is -0.393 e. The minimum absolute atomic E-state index is 0.0426. The molecule has 2 saturated carbocycles. The summed E-state index contributed by atoms with van der Waals surface area (Å²) in [5.41, 5.74) is 1.57. The molecule has 39 heavy (non-hydrogen) atoms. The van der Waals surface area contributed by atoms with Gasteiger partial charge in [0.2, 0.25) is 11.8 Å². The highest BCUT2D eigenvalue weighted by Crippen LogP contribution is 2.44. The van der Waals surface area contributed by atoms with Gasteiger partial charge in [0.05, 0.1) is 12.6 Å². The van der Waals surface area contributed by atoms with Crippen molar-refractivity contribution in [3.8, 4) is 0 Å². The summed E-state index contributed by atoms with van der Waals surface area (Å²) in [6.45, 7) is 8.21. The van der Waals surface area contributed by atoms with Crippen molar-refractivity contribution in [2.75, 3.05) is 19.6 Å². The Labute approximate surface area is 237 Å². The fourth-order valence-corrected chi connectivity index (χ4v) is 7.49. The molecule has 2 amide bonds. The second-order valence-electron chi connectivity index (χ2n) is 13.5. The van der Waals surface area contributed by atoms with E-state index < -0.39 is 0 Å². The van der Waals surface area contributed by atoms with Crippen molar-refractivity contribution < 1.29 is 14.7 Å². The van der Waals surface area contributed by atoms with E-state index in [1.807, 2.05) is 4.90 Å². The van der Waals surface area contributed by atoms with Gasteiger partial charge in [0.15, 0.2) is 0 Å². The summed E-state index contributed by atoms with van der Waals surface area (Å²) in [5.74, 6) is 2.23. The third-order valence-corrected chi connectivity index (χ3v) is 10.5. The molecule has 1 aromatic rings. The highest BCUT2D eigenvalue weighted by Gasteiger charge is 2.37. The number of rotatable bonds is 10. The lowest BCUT2D eigenvalue weighted by Crippen LogP contribution is -2.46. The Morgan fingerprint density at radius 2 is 1.79 bits per heavy atom. The molecule has 1 aromatic carbocycles. The van der Waals surface area contributed by atoms with Gasteiger partial charge < -0.3 is 15.3 Å². The lowest BCUT2D eigenvalue weighted by atomic mass is 9.67. The van der Waals surface area contributed by atoms with Crippen LogP contribution in [0.4, 0.5) is 0 Å². The highest BCUT2D eigenvalue weighted by atomic mass is 16.3. The lowest BCUT2D eigenvalue weighted by molar-refractivity contribution is -0.141. The number of nitrogens with one attached hydrogen (secondary N) is 1. The molecule has 2 N–H and O–H groups in total. The largest absolute Gasteiger partial charge is 0.393 e.